The molecule has 2 rings (SSSR count). The molecule has 0 N–H and O–H groups in total. The molecule has 2 aromatic rings. The van der Waals surface area contributed by atoms with Crippen LogP contribution in [0.4, 0.5) is 0 Å². The Labute approximate surface area is 97.4 Å². The Kier molecular flexibility index (Phi) is 3.17. The van der Waals surface area contributed by atoms with Gasteiger partial charge < -0.3 is 4.43 Å². The SMILES string of the molecule is O=C(c1ccccc1)c1ccccc1O[Si]. The van der Waals surface area contributed by atoms with Crippen molar-refractivity contribution >= 4 is 16.3 Å². The Morgan fingerprint density at radius 3 is 2.25 bits per heavy atom. The van der Waals surface area contributed by atoms with Crippen molar-refractivity contribution < 1.29 is 9.22 Å². The highest BCUT2D eigenvalue weighted by atomic mass is 28.2. The van der Waals surface area contributed by atoms with Crippen LogP contribution in [0, 0.1) is 0 Å². The summed E-state index contributed by atoms with van der Waals surface area (Å²) in [6, 6.07) is 16.2. The number of carbonyl (C=O) groups is 1. The van der Waals surface area contributed by atoms with E-state index in [1.165, 1.54) is 0 Å². The lowest BCUT2D eigenvalue weighted by Crippen LogP contribution is -2.03. The summed E-state index contributed by atoms with van der Waals surface area (Å²) in [4.78, 5) is 12.1. The van der Waals surface area contributed by atoms with Gasteiger partial charge in [0.05, 0.1) is 5.56 Å². The van der Waals surface area contributed by atoms with Crippen LogP contribution in [0.3, 0.4) is 0 Å². The van der Waals surface area contributed by atoms with E-state index >= 15 is 0 Å². The van der Waals surface area contributed by atoms with Crippen molar-refractivity contribution in [2.45, 2.75) is 0 Å². The fourth-order valence-corrected chi connectivity index (χ4v) is 1.67. The zero-order chi connectivity index (χ0) is 11.4. The molecule has 0 aliphatic carbocycles. The van der Waals surface area contributed by atoms with Gasteiger partial charge in [-0.15, -0.1) is 0 Å². The van der Waals surface area contributed by atoms with Crippen LogP contribution in [0.15, 0.2) is 54.6 Å². The Morgan fingerprint density at radius 2 is 1.56 bits per heavy atom. The lowest BCUT2D eigenvalue weighted by Gasteiger charge is -2.06. The molecule has 0 heterocycles. The standard InChI is InChI=1S/C13H9O2Si/c14-13(10-6-2-1-3-7-10)11-8-4-5-9-12(11)15-16/h1-9H. The average Bonchev–Trinajstić information content (AvgIpc) is 2.39. The van der Waals surface area contributed by atoms with Crippen LogP contribution >= 0.6 is 0 Å². The van der Waals surface area contributed by atoms with Crippen LogP contribution in [-0.2, 0) is 0 Å². The highest BCUT2D eigenvalue weighted by Gasteiger charge is 2.12. The Morgan fingerprint density at radius 1 is 0.938 bits per heavy atom. The number of para-hydroxylation sites is 1. The van der Waals surface area contributed by atoms with E-state index in [9.17, 15) is 4.79 Å². The van der Waals surface area contributed by atoms with Crippen molar-refractivity contribution in [3.63, 3.8) is 0 Å². The molecule has 16 heavy (non-hydrogen) atoms. The van der Waals surface area contributed by atoms with Crippen molar-refractivity contribution in [2.75, 3.05) is 0 Å². The summed E-state index contributed by atoms with van der Waals surface area (Å²) in [7, 11) is 2.95. The van der Waals surface area contributed by atoms with Crippen molar-refractivity contribution in [1.29, 1.82) is 0 Å². The Balaban J connectivity index is 2.42. The first-order valence-corrected chi connectivity index (χ1v) is 5.26. The maximum atomic E-state index is 12.1. The van der Waals surface area contributed by atoms with E-state index in [2.05, 4.69) is 10.5 Å². The first-order valence-electron chi connectivity index (χ1n) is 4.85. The first kappa shape index (κ1) is 10.6. The highest BCUT2D eigenvalue weighted by molar-refractivity contribution is 6.11. The molecule has 0 aromatic heterocycles. The van der Waals surface area contributed by atoms with Gasteiger partial charge in [0, 0.05) is 5.56 Å². The van der Waals surface area contributed by atoms with Crippen LogP contribution in [0.5, 0.6) is 5.75 Å². The van der Waals surface area contributed by atoms with E-state index in [-0.39, 0.29) is 5.78 Å². The molecular formula is C13H9O2Si. The lowest BCUT2D eigenvalue weighted by atomic mass is 10.0. The number of benzene rings is 2. The van der Waals surface area contributed by atoms with Crippen LogP contribution in [0.1, 0.15) is 15.9 Å². The summed E-state index contributed by atoms with van der Waals surface area (Å²) in [5.41, 5.74) is 1.20. The van der Waals surface area contributed by atoms with Crippen molar-refractivity contribution in [2.24, 2.45) is 0 Å². The maximum absolute atomic E-state index is 12.1. The van der Waals surface area contributed by atoms with E-state index in [0.29, 0.717) is 16.9 Å². The molecule has 0 aliphatic rings. The van der Waals surface area contributed by atoms with Crippen LogP contribution in [-0.4, -0.2) is 16.3 Å². The van der Waals surface area contributed by atoms with Gasteiger partial charge >= 0.3 is 10.5 Å². The summed E-state index contributed by atoms with van der Waals surface area (Å²) >= 11 is 0. The van der Waals surface area contributed by atoms with Gasteiger partial charge in [-0.25, -0.2) is 0 Å². The van der Waals surface area contributed by atoms with Crippen LogP contribution < -0.4 is 4.43 Å². The van der Waals surface area contributed by atoms with Gasteiger partial charge in [-0.2, -0.15) is 0 Å². The quantitative estimate of drug-likeness (QED) is 0.592. The molecule has 3 radical (unpaired) electrons. The van der Waals surface area contributed by atoms with Gasteiger partial charge in [-0.05, 0) is 12.1 Å². The summed E-state index contributed by atoms with van der Waals surface area (Å²) in [5, 5.41) is 0. The number of hydrogen-bond donors (Lipinski definition) is 0. The van der Waals surface area contributed by atoms with Gasteiger partial charge in [0.25, 0.3) is 0 Å². The van der Waals surface area contributed by atoms with Gasteiger partial charge in [-0.1, -0.05) is 42.5 Å². The molecule has 3 heteroatoms. The second-order valence-electron chi connectivity index (χ2n) is 3.29. The largest absolute Gasteiger partial charge is 0.540 e. The van der Waals surface area contributed by atoms with Crippen LogP contribution in [0.2, 0.25) is 0 Å². The predicted octanol–water partition coefficient (Wildman–Crippen LogP) is 2.38. The molecule has 0 atom stereocenters. The molecular weight excluding hydrogens is 216 g/mol. The molecule has 0 fully saturated rings. The molecule has 0 saturated carbocycles. The van der Waals surface area contributed by atoms with E-state index < -0.39 is 0 Å². The zero-order valence-corrected chi connectivity index (χ0v) is 9.51. The highest BCUT2D eigenvalue weighted by Crippen LogP contribution is 2.20. The summed E-state index contributed by atoms with van der Waals surface area (Å²) < 4.78 is 4.97. The maximum Gasteiger partial charge on any atom is 0.341 e. The Bertz CT molecular complexity index is 494. The lowest BCUT2D eigenvalue weighted by molar-refractivity contribution is 0.103. The van der Waals surface area contributed by atoms with Crippen molar-refractivity contribution in [1.82, 2.24) is 0 Å². The molecule has 0 saturated heterocycles. The minimum absolute atomic E-state index is 0.0468. The second kappa shape index (κ2) is 4.77. The third kappa shape index (κ3) is 2.04. The number of carbonyl (C=O) groups excluding carboxylic acids is 1. The molecule has 0 bridgehead atoms. The molecule has 0 amide bonds. The normalized spacial score (nSPS) is 9.81. The number of ketones is 1. The van der Waals surface area contributed by atoms with E-state index in [1.54, 1.807) is 24.3 Å². The summed E-state index contributed by atoms with van der Waals surface area (Å²) in [5.74, 6) is 0.475. The molecule has 77 valence electrons. The number of hydrogen-bond acceptors (Lipinski definition) is 2. The molecule has 2 nitrogen and oxygen atoms in total. The zero-order valence-electron chi connectivity index (χ0n) is 8.51. The summed E-state index contributed by atoms with van der Waals surface area (Å²) in [6.07, 6.45) is 0. The van der Waals surface area contributed by atoms with Crippen molar-refractivity contribution in [3.05, 3.63) is 65.7 Å². The van der Waals surface area contributed by atoms with Gasteiger partial charge in [0.1, 0.15) is 5.75 Å². The average molecular weight is 225 g/mol. The second-order valence-corrected chi connectivity index (χ2v) is 3.50. The molecule has 0 unspecified atom stereocenters. The van der Waals surface area contributed by atoms with E-state index in [1.807, 2.05) is 30.3 Å². The van der Waals surface area contributed by atoms with E-state index in [4.69, 9.17) is 4.43 Å². The van der Waals surface area contributed by atoms with Gasteiger partial charge in [0.2, 0.25) is 0 Å². The first-order chi connectivity index (χ1) is 7.83. The topological polar surface area (TPSA) is 26.3 Å². The predicted molar refractivity (Wildman–Crippen MR) is 62.7 cm³/mol. The van der Waals surface area contributed by atoms with E-state index in [0.717, 1.165) is 0 Å². The van der Waals surface area contributed by atoms with Crippen molar-refractivity contribution in [3.8, 4) is 5.75 Å². The monoisotopic (exact) mass is 225 g/mol. The number of rotatable bonds is 3. The Hall–Kier alpha value is -1.87. The fraction of sp³-hybridized carbons (Fsp3) is 0. The smallest absolute Gasteiger partial charge is 0.341 e. The van der Waals surface area contributed by atoms with Crippen LogP contribution in [0.25, 0.3) is 0 Å². The third-order valence-electron chi connectivity index (χ3n) is 2.28. The van der Waals surface area contributed by atoms with Gasteiger partial charge in [-0.3, -0.25) is 4.79 Å². The third-order valence-corrected chi connectivity index (χ3v) is 2.50. The van der Waals surface area contributed by atoms with Gasteiger partial charge in [0.15, 0.2) is 5.78 Å². The minimum atomic E-state index is -0.0468. The molecule has 0 spiro atoms. The summed E-state index contributed by atoms with van der Waals surface area (Å²) in [6.45, 7) is 0. The molecule has 2 aromatic carbocycles. The minimum Gasteiger partial charge on any atom is -0.540 e. The molecule has 0 aliphatic heterocycles. The fourth-order valence-electron chi connectivity index (χ4n) is 1.49.